The van der Waals surface area contributed by atoms with Crippen LogP contribution in [0.5, 0.6) is 0 Å². The zero-order valence-electron chi connectivity index (χ0n) is 55.2. The number of amides is 11. The molecule has 0 bridgehead atoms. The molecule has 1 saturated heterocycles. The lowest BCUT2D eigenvalue weighted by molar-refractivity contribution is -0.157. The minimum absolute atomic E-state index is 0.0240. The lowest BCUT2D eigenvalue weighted by atomic mass is 9.91. The molecule has 0 radical (unpaired) electrons. The normalized spacial score (nSPS) is 27.0. The highest BCUT2D eigenvalue weighted by atomic mass is 16.3. The highest BCUT2D eigenvalue weighted by Crippen LogP contribution is 2.25. The van der Waals surface area contributed by atoms with Crippen LogP contribution in [0.15, 0.2) is 12.2 Å². The van der Waals surface area contributed by atoms with Crippen molar-refractivity contribution in [2.45, 2.75) is 222 Å². The SMILES string of the molecule is CC=CCC(C)C(O)C1C(=O)NC(CC)C(=O)N(C)CC(=O)N(C)C(CC(C)C)C(=O)NC(C(C)C)C(=O)N(C)C(CC(C)C)C(=O)NC(C)C(=O)NC(C)C(=O)N(C)C(CCC)C(=O)N(C)C(CC(C)C)C(=O)N(C)C(C(C)C)C(=O)N1C. The fourth-order valence-electron chi connectivity index (χ4n) is 10.6. The van der Waals surface area contributed by atoms with Crippen LogP contribution in [-0.2, 0) is 52.7 Å². The Morgan fingerprint density at radius 2 is 0.940 bits per heavy atom. The minimum Gasteiger partial charge on any atom is -0.390 e. The second-order valence-corrected chi connectivity index (χ2v) is 25.3. The topological polar surface area (TPSA) is 279 Å². The lowest BCUT2D eigenvalue weighted by Crippen LogP contribution is -2.63. The molecule has 11 amide bonds. The number of carbonyl (C=O) groups is 11. The van der Waals surface area contributed by atoms with Crippen LogP contribution in [-0.4, -0.2) is 227 Å². The van der Waals surface area contributed by atoms with Gasteiger partial charge >= 0.3 is 0 Å². The zero-order chi connectivity index (χ0) is 65.1. The maximum Gasteiger partial charge on any atom is 0.246 e. The van der Waals surface area contributed by atoms with Crippen molar-refractivity contribution in [2.75, 3.05) is 55.9 Å². The van der Waals surface area contributed by atoms with Crippen LogP contribution in [0.4, 0.5) is 0 Å². The lowest BCUT2D eigenvalue weighted by Gasteiger charge is -2.41. The van der Waals surface area contributed by atoms with Crippen LogP contribution >= 0.6 is 0 Å². The summed E-state index contributed by atoms with van der Waals surface area (Å²) in [5.74, 6) is -9.54. The Labute approximate surface area is 502 Å². The van der Waals surface area contributed by atoms with Crippen LogP contribution < -0.4 is 21.3 Å². The van der Waals surface area contributed by atoms with E-state index in [0.29, 0.717) is 12.8 Å². The molecule has 0 saturated carbocycles. The third-order valence-corrected chi connectivity index (χ3v) is 15.9. The van der Waals surface area contributed by atoms with Gasteiger partial charge < -0.3 is 60.7 Å². The molecule has 1 heterocycles. The van der Waals surface area contributed by atoms with Crippen LogP contribution in [0, 0.1) is 35.5 Å². The van der Waals surface area contributed by atoms with Crippen LogP contribution in [0.3, 0.4) is 0 Å². The maximum atomic E-state index is 15.1. The maximum absolute atomic E-state index is 15.1. The Balaban J connectivity index is 4.29. The van der Waals surface area contributed by atoms with Crippen LogP contribution in [0.2, 0.25) is 0 Å². The fraction of sp³-hybridized carbons (Fsp3) is 0.787. The van der Waals surface area contributed by atoms with E-state index in [-0.39, 0.29) is 49.9 Å². The van der Waals surface area contributed by atoms with E-state index in [1.807, 2.05) is 48.5 Å². The summed E-state index contributed by atoms with van der Waals surface area (Å²) in [6, 6.07) is -12.3. The number of carbonyl (C=O) groups excluding carboxylic acids is 11. The summed E-state index contributed by atoms with van der Waals surface area (Å²) >= 11 is 0. The van der Waals surface area contributed by atoms with Crippen molar-refractivity contribution in [3.05, 3.63) is 12.2 Å². The minimum atomic E-state index is -1.61. The number of nitrogens with zero attached hydrogens (tertiary/aromatic N) is 7. The summed E-state index contributed by atoms with van der Waals surface area (Å²) < 4.78 is 0. The van der Waals surface area contributed by atoms with E-state index in [2.05, 4.69) is 21.3 Å². The van der Waals surface area contributed by atoms with E-state index < -0.39 is 156 Å². The van der Waals surface area contributed by atoms with E-state index >= 15 is 9.59 Å². The van der Waals surface area contributed by atoms with E-state index in [1.54, 1.807) is 60.6 Å². The first-order valence-corrected chi connectivity index (χ1v) is 30.2. The second kappa shape index (κ2) is 34.7. The Hall–Kier alpha value is -6.13. The van der Waals surface area contributed by atoms with Crippen LogP contribution in [0.1, 0.15) is 156 Å². The molecule has 1 aliphatic rings. The monoisotopic (exact) mass is 1190 g/mol. The van der Waals surface area contributed by atoms with Gasteiger partial charge in [0.2, 0.25) is 65.0 Å². The molecule has 0 aromatic carbocycles. The van der Waals surface area contributed by atoms with E-state index in [4.69, 9.17) is 0 Å². The number of aliphatic hydroxyl groups is 1. The largest absolute Gasteiger partial charge is 0.390 e. The van der Waals surface area contributed by atoms with Gasteiger partial charge in [0.15, 0.2) is 0 Å². The molecule has 0 aliphatic carbocycles. The van der Waals surface area contributed by atoms with Gasteiger partial charge in [-0.25, -0.2) is 0 Å². The molecule has 0 spiro atoms. The molecular formula is C61H109N11O12. The van der Waals surface area contributed by atoms with Gasteiger partial charge in [0.25, 0.3) is 0 Å². The highest BCUT2D eigenvalue weighted by Gasteiger charge is 2.45. The van der Waals surface area contributed by atoms with Crippen molar-refractivity contribution in [1.29, 1.82) is 0 Å². The Morgan fingerprint density at radius 1 is 0.488 bits per heavy atom. The predicted octanol–water partition coefficient (Wildman–Crippen LogP) is 3.02. The van der Waals surface area contributed by atoms with Crippen molar-refractivity contribution >= 4 is 65.0 Å². The smallest absolute Gasteiger partial charge is 0.246 e. The van der Waals surface area contributed by atoms with Crippen molar-refractivity contribution in [3.63, 3.8) is 0 Å². The van der Waals surface area contributed by atoms with Crippen molar-refractivity contribution in [2.24, 2.45) is 35.5 Å². The summed E-state index contributed by atoms with van der Waals surface area (Å²) in [7, 11) is 9.90. The molecule has 84 heavy (non-hydrogen) atoms. The third-order valence-electron chi connectivity index (χ3n) is 15.9. The molecular weight excluding hydrogens is 1080 g/mol. The highest BCUT2D eigenvalue weighted by molar-refractivity contribution is 5.99. The molecule has 1 aliphatic heterocycles. The predicted molar refractivity (Wildman–Crippen MR) is 324 cm³/mol. The standard InChI is InChI=1S/C61H109N11O12/c1-24-27-29-39(14)51(74)50-55(78)64-42(26-3)57(80)66(17)33-47(73)67(18)44(30-34(4)5)54(77)65-48(37(10)11)60(83)69(20)45(31-35(6)7)53(76)62-40(15)52(75)63-41(16)56(79)68(19)43(28-25-2)58(81)70(21)46(32-36(8)9)59(82)71(22)49(38(12)13)61(84)72(50)23/h24,27,34-46,48-51,74H,25-26,28-33H2,1-23H3,(H,62,76)(H,63,75)(H,64,78)(H,65,77). The number of hydrogen-bond acceptors (Lipinski definition) is 12. The van der Waals surface area contributed by atoms with Crippen LogP contribution in [0.25, 0.3) is 0 Å². The van der Waals surface area contributed by atoms with E-state index in [1.165, 1.54) is 87.7 Å². The van der Waals surface area contributed by atoms with Gasteiger partial charge in [-0.05, 0) is 94.8 Å². The third kappa shape index (κ3) is 20.8. The average Bonchev–Trinajstić information content (AvgIpc) is 3.45. The molecule has 0 aromatic rings. The molecule has 12 unspecified atom stereocenters. The van der Waals surface area contributed by atoms with E-state index in [0.717, 1.165) is 9.80 Å². The van der Waals surface area contributed by atoms with Gasteiger partial charge in [0.05, 0.1) is 12.6 Å². The molecule has 0 aromatic heterocycles. The Kier molecular flexibility index (Phi) is 31.4. The zero-order valence-corrected chi connectivity index (χ0v) is 55.2. The van der Waals surface area contributed by atoms with E-state index in [9.17, 15) is 48.3 Å². The summed E-state index contributed by atoms with van der Waals surface area (Å²) in [6.45, 7) is 27.4. The molecule has 12 atom stereocenters. The summed E-state index contributed by atoms with van der Waals surface area (Å²) in [5, 5.41) is 23.0. The first-order chi connectivity index (χ1) is 38.9. The number of aliphatic hydroxyl groups excluding tert-OH is 1. The van der Waals surface area contributed by atoms with Gasteiger partial charge in [-0.15, -0.1) is 0 Å². The molecule has 1 fully saturated rings. The molecule has 23 nitrogen and oxygen atoms in total. The first-order valence-electron chi connectivity index (χ1n) is 30.2. The van der Waals surface area contributed by atoms with Gasteiger partial charge in [0, 0.05) is 49.3 Å². The Morgan fingerprint density at radius 3 is 1.42 bits per heavy atom. The number of allylic oxidation sites excluding steroid dienone is 2. The van der Waals surface area contributed by atoms with Gasteiger partial charge in [-0.2, -0.15) is 0 Å². The molecule has 480 valence electrons. The Bertz CT molecular complexity index is 2290. The number of nitrogens with one attached hydrogen (secondary N) is 4. The molecule has 5 N–H and O–H groups in total. The fourth-order valence-corrected chi connectivity index (χ4v) is 10.6. The molecule has 1 rings (SSSR count). The van der Waals surface area contributed by atoms with Gasteiger partial charge in [-0.3, -0.25) is 52.7 Å². The van der Waals surface area contributed by atoms with Crippen molar-refractivity contribution in [3.8, 4) is 0 Å². The average molecular weight is 1190 g/mol. The number of likely N-dealkylation sites (N-methyl/N-ethyl adjacent to an activating group) is 7. The summed E-state index contributed by atoms with van der Waals surface area (Å²) in [5.41, 5.74) is 0. The first kappa shape index (κ1) is 75.9. The number of rotatable bonds is 15. The quantitative estimate of drug-likeness (QED) is 0.148. The van der Waals surface area contributed by atoms with Gasteiger partial charge in [-0.1, -0.05) is 109 Å². The van der Waals surface area contributed by atoms with Crippen molar-refractivity contribution in [1.82, 2.24) is 55.6 Å². The summed E-state index contributed by atoms with van der Waals surface area (Å²) in [4.78, 5) is 168. The summed E-state index contributed by atoms with van der Waals surface area (Å²) in [6.07, 6.45) is 3.51. The second-order valence-electron chi connectivity index (χ2n) is 25.3. The molecule has 23 heteroatoms. The number of hydrogen-bond donors (Lipinski definition) is 5. The van der Waals surface area contributed by atoms with Gasteiger partial charge in [0.1, 0.15) is 60.4 Å². The van der Waals surface area contributed by atoms with Crippen molar-refractivity contribution < 1.29 is 57.8 Å².